The van der Waals surface area contributed by atoms with Crippen LogP contribution in [0, 0.1) is 0 Å². The van der Waals surface area contributed by atoms with E-state index >= 15 is 0 Å². The Balaban J connectivity index is 2.48. The van der Waals surface area contributed by atoms with Crippen molar-refractivity contribution in [3.05, 3.63) is 42.0 Å². The molecule has 0 atom stereocenters. The zero-order valence-corrected chi connectivity index (χ0v) is 16.5. The molecule has 7 nitrogen and oxygen atoms in total. The van der Waals surface area contributed by atoms with Gasteiger partial charge in [-0.15, -0.1) is 0 Å². The minimum absolute atomic E-state index is 0.217. The summed E-state index contributed by atoms with van der Waals surface area (Å²) < 4.78 is 5.52. The van der Waals surface area contributed by atoms with Crippen molar-refractivity contribution >= 4 is 17.6 Å². The molecule has 1 aromatic carbocycles. The molecule has 2 amide bonds. The van der Waals surface area contributed by atoms with Gasteiger partial charge >= 0.3 is 0 Å². The smallest absolute Gasteiger partial charge is 0.247 e. The van der Waals surface area contributed by atoms with Crippen molar-refractivity contribution in [2.45, 2.75) is 45.8 Å². The first-order valence-electron chi connectivity index (χ1n) is 8.61. The number of nitrogens with one attached hydrogen (secondary N) is 2. The summed E-state index contributed by atoms with van der Waals surface area (Å²) in [6, 6.07) is 6.39. The summed E-state index contributed by atoms with van der Waals surface area (Å²) in [6.07, 6.45) is 0. The summed E-state index contributed by atoms with van der Waals surface area (Å²) in [7, 11) is 0. The number of rotatable bonds is 9. The van der Waals surface area contributed by atoms with Crippen molar-refractivity contribution in [2.24, 2.45) is 0 Å². The number of aliphatic hydroxyl groups is 1. The Morgan fingerprint density at radius 2 is 1.67 bits per heavy atom. The van der Waals surface area contributed by atoms with Crippen LogP contribution in [0.2, 0.25) is 0 Å². The lowest BCUT2D eigenvalue weighted by Crippen LogP contribution is -2.55. The fourth-order valence-corrected chi connectivity index (χ4v) is 2.06. The van der Waals surface area contributed by atoms with E-state index < -0.39 is 11.1 Å². The highest BCUT2D eigenvalue weighted by molar-refractivity contribution is 6.01. The molecule has 0 aromatic heterocycles. The van der Waals surface area contributed by atoms with E-state index in [9.17, 15) is 19.5 Å². The average molecular weight is 376 g/mol. The van der Waals surface area contributed by atoms with Crippen LogP contribution < -0.4 is 15.4 Å². The molecule has 0 saturated carbocycles. The van der Waals surface area contributed by atoms with Gasteiger partial charge in [-0.05, 0) is 58.9 Å². The molecule has 0 heterocycles. The molecule has 0 radical (unpaired) electrons. The van der Waals surface area contributed by atoms with Crippen molar-refractivity contribution in [3.63, 3.8) is 0 Å². The van der Waals surface area contributed by atoms with Crippen molar-refractivity contribution in [3.8, 4) is 5.75 Å². The topological polar surface area (TPSA) is 105 Å². The molecule has 0 aliphatic rings. The van der Waals surface area contributed by atoms with Gasteiger partial charge in [-0.1, -0.05) is 6.58 Å². The van der Waals surface area contributed by atoms with E-state index in [4.69, 9.17) is 4.74 Å². The van der Waals surface area contributed by atoms with Crippen LogP contribution in [0.5, 0.6) is 5.75 Å². The summed E-state index contributed by atoms with van der Waals surface area (Å²) in [4.78, 5) is 35.8. The van der Waals surface area contributed by atoms with Gasteiger partial charge in [-0.3, -0.25) is 14.4 Å². The van der Waals surface area contributed by atoms with E-state index in [1.165, 1.54) is 13.8 Å². The number of carbonyl (C=O) groups excluding carboxylic acids is 3. The largest absolute Gasteiger partial charge is 0.492 e. The van der Waals surface area contributed by atoms with Crippen LogP contribution in [-0.2, 0) is 9.59 Å². The molecule has 0 spiro atoms. The van der Waals surface area contributed by atoms with Gasteiger partial charge in [0, 0.05) is 11.1 Å². The monoisotopic (exact) mass is 376 g/mol. The highest BCUT2D eigenvalue weighted by Crippen LogP contribution is 2.17. The highest BCUT2D eigenvalue weighted by Gasteiger charge is 2.29. The van der Waals surface area contributed by atoms with Crippen molar-refractivity contribution < 1.29 is 24.2 Å². The second-order valence-electron chi connectivity index (χ2n) is 7.38. The van der Waals surface area contributed by atoms with Crippen LogP contribution in [0.15, 0.2) is 36.4 Å². The summed E-state index contributed by atoms with van der Waals surface area (Å²) >= 11 is 0. The Labute approximate surface area is 159 Å². The quantitative estimate of drug-likeness (QED) is 0.345. The molecular weight excluding hydrogens is 348 g/mol. The van der Waals surface area contributed by atoms with Crippen LogP contribution in [0.3, 0.4) is 0 Å². The van der Waals surface area contributed by atoms with Crippen LogP contribution in [-0.4, -0.2) is 47.0 Å². The third-order valence-electron chi connectivity index (χ3n) is 3.71. The maximum absolute atomic E-state index is 12.2. The van der Waals surface area contributed by atoms with E-state index in [2.05, 4.69) is 17.2 Å². The van der Waals surface area contributed by atoms with Gasteiger partial charge in [-0.2, -0.15) is 0 Å². The molecule has 0 unspecified atom stereocenters. The highest BCUT2D eigenvalue weighted by atomic mass is 16.5. The molecule has 0 bridgehead atoms. The standard InChI is InChI=1S/C20H28N2O5/c1-13(2)17(24)22-19(3,4)18(25)21-11-12-27-15-9-7-14(8-10-15)16(23)20(5,6)26/h7-10,26H,1,11-12H2,2-6H3,(H,21,25)(H,22,24). The Morgan fingerprint density at radius 1 is 1.11 bits per heavy atom. The molecule has 7 heteroatoms. The maximum Gasteiger partial charge on any atom is 0.247 e. The van der Waals surface area contributed by atoms with E-state index in [1.807, 2.05) is 0 Å². The fraction of sp³-hybridized carbons (Fsp3) is 0.450. The average Bonchev–Trinajstić information content (AvgIpc) is 2.57. The zero-order chi connectivity index (χ0) is 20.8. The van der Waals surface area contributed by atoms with Crippen LogP contribution in [0.1, 0.15) is 45.0 Å². The van der Waals surface area contributed by atoms with Crippen LogP contribution in [0.4, 0.5) is 0 Å². The lowest BCUT2D eigenvalue weighted by atomic mass is 9.97. The molecular formula is C20H28N2O5. The number of benzene rings is 1. The molecule has 27 heavy (non-hydrogen) atoms. The molecule has 1 aromatic rings. The van der Waals surface area contributed by atoms with Crippen molar-refractivity contribution in [1.29, 1.82) is 0 Å². The Hall–Kier alpha value is -2.67. The van der Waals surface area contributed by atoms with E-state index in [1.54, 1.807) is 45.0 Å². The first kappa shape index (κ1) is 22.4. The molecule has 0 fully saturated rings. The molecule has 1 rings (SSSR count). The minimum atomic E-state index is -1.43. The molecule has 3 N–H and O–H groups in total. The normalized spacial score (nSPS) is 11.5. The number of ketones is 1. The summed E-state index contributed by atoms with van der Waals surface area (Å²) in [5, 5.41) is 15.0. The van der Waals surface area contributed by atoms with Gasteiger partial charge in [0.15, 0.2) is 5.78 Å². The number of hydrogen-bond donors (Lipinski definition) is 3. The number of carbonyl (C=O) groups is 3. The lowest BCUT2D eigenvalue weighted by Gasteiger charge is -2.25. The molecule has 148 valence electrons. The number of hydrogen-bond acceptors (Lipinski definition) is 5. The van der Waals surface area contributed by atoms with Gasteiger partial charge in [0.2, 0.25) is 11.8 Å². The second-order valence-corrected chi connectivity index (χ2v) is 7.38. The first-order valence-corrected chi connectivity index (χ1v) is 8.61. The predicted octanol–water partition coefficient (Wildman–Crippen LogP) is 1.61. The van der Waals surface area contributed by atoms with Crippen molar-refractivity contribution in [1.82, 2.24) is 10.6 Å². The first-order chi connectivity index (χ1) is 12.3. The second kappa shape index (κ2) is 8.81. The number of ether oxygens (including phenoxy) is 1. The van der Waals surface area contributed by atoms with Crippen LogP contribution >= 0.6 is 0 Å². The predicted molar refractivity (Wildman–Crippen MR) is 103 cm³/mol. The molecule has 0 aliphatic heterocycles. The maximum atomic E-state index is 12.2. The molecule has 0 aliphatic carbocycles. The Kier molecular flexibility index (Phi) is 7.30. The fourth-order valence-electron chi connectivity index (χ4n) is 2.06. The number of Topliss-reactive ketones (excluding diaryl/α,β-unsaturated/α-hetero) is 1. The van der Waals surface area contributed by atoms with Gasteiger partial charge < -0.3 is 20.5 Å². The third-order valence-corrected chi connectivity index (χ3v) is 3.71. The number of amides is 2. The van der Waals surface area contributed by atoms with E-state index in [-0.39, 0.29) is 30.7 Å². The summed E-state index contributed by atoms with van der Waals surface area (Å²) in [5.74, 6) is -0.564. The van der Waals surface area contributed by atoms with Crippen molar-refractivity contribution in [2.75, 3.05) is 13.2 Å². The SMILES string of the molecule is C=C(C)C(=O)NC(C)(C)C(=O)NCCOc1ccc(C(=O)C(C)(C)O)cc1. The van der Waals surface area contributed by atoms with E-state index in [0.717, 1.165) is 0 Å². The Bertz CT molecular complexity index is 715. The van der Waals surface area contributed by atoms with Gasteiger partial charge in [0.05, 0.1) is 6.54 Å². The summed E-state index contributed by atoms with van der Waals surface area (Å²) in [5.41, 5.74) is -1.79. The summed E-state index contributed by atoms with van der Waals surface area (Å²) in [6.45, 7) is 11.6. The minimum Gasteiger partial charge on any atom is -0.492 e. The van der Waals surface area contributed by atoms with Gasteiger partial charge in [-0.25, -0.2) is 0 Å². The van der Waals surface area contributed by atoms with Crippen LogP contribution in [0.25, 0.3) is 0 Å². The zero-order valence-electron chi connectivity index (χ0n) is 16.5. The van der Waals surface area contributed by atoms with E-state index in [0.29, 0.717) is 16.9 Å². The third kappa shape index (κ3) is 6.86. The van der Waals surface area contributed by atoms with Gasteiger partial charge in [0.1, 0.15) is 23.5 Å². The van der Waals surface area contributed by atoms with Gasteiger partial charge in [0.25, 0.3) is 0 Å². The lowest BCUT2D eigenvalue weighted by molar-refractivity contribution is -0.131. The Morgan fingerprint density at radius 3 is 2.15 bits per heavy atom. The molecule has 0 saturated heterocycles.